The van der Waals surface area contributed by atoms with Gasteiger partial charge in [0.1, 0.15) is 0 Å². The van der Waals surface area contributed by atoms with Gasteiger partial charge in [0.25, 0.3) is 0 Å². The predicted octanol–water partition coefficient (Wildman–Crippen LogP) is 8.28. The molecule has 0 fully saturated rings. The van der Waals surface area contributed by atoms with Crippen molar-refractivity contribution in [2.75, 3.05) is 34.2 Å². The van der Waals surface area contributed by atoms with Gasteiger partial charge in [0.15, 0.2) is 0 Å². The highest BCUT2D eigenvalue weighted by Crippen LogP contribution is 2.66. The Morgan fingerprint density at radius 3 is 0.957 bits per heavy atom. The molecule has 0 saturated carbocycles. The number of hydrogen-bond donors (Lipinski definition) is 1. The summed E-state index contributed by atoms with van der Waals surface area (Å²) in [5, 5.41) is -0.237. The third-order valence-corrected chi connectivity index (χ3v) is 5.69. The van der Waals surface area contributed by atoms with Crippen LogP contribution in [0, 0.1) is 0 Å². The Balaban J connectivity index is 8.29. The minimum atomic E-state index is -9.76. The van der Waals surface area contributed by atoms with Crippen LogP contribution in [0.5, 0.6) is 0 Å². The summed E-state index contributed by atoms with van der Waals surface area (Å²) in [6.07, 6.45) is -26.6. The van der Waals surface area contributed by atoms with Crippen LogP contribution in [0.1, 0.15) is 6.42 Å². The van der Waals surface area contributed by atoms with E-state index in [9.17, 15) is 114 Å². The first-order chi connectivity index (χ1) is 19.8. The topological polar surface area (TPSA) is 15.3 Å². The number of rotatable bonds is 14. The van der Waals surface area contributed by atoms with E-state index in [1.54, 1.807) is 0 Å². The SMILES string of the molecule is C[N+](C)(C)CCCNC(F)(F)C(F)(C(F)(F)F)C(F)(F)N(C(F)(F)C(F)(F)C(F)(F)C(F)(F)F)C(F)(F)C(F)(F)C(F)(F)C(F)(F)F. The van der Waals surface area contributed by atoms with Crippen LogP contribution >= 0.6 is 0 Å². The lowest BCUT2D eigenvalue weighted by atomic mass is 9.94. The van der Waals surface area contributed by atoms with Crippen molar-refractivity contribution in [1.82, 2.24) is 10.2 Å². The van der Waals surface area contributed by atoms with Gasteiger partial charge in [-0.05, 0) is 0 Å². The lowest BCUT2D eigenvalue weighted by molar-refractivity contribution is -0.870. The molecule has 29 heteroatoms. The maximum Gasteiger partial charge on any atom is 0.460 e. The van der Waals surface area contributed by atoms with Gasteiger partial charge < -0.3 is 4.48 Å². The molecule has 1 N–H and O–H groups in total. The smallest absolute Gasteiger partial charge is 0.331 e. The molecule has 0 aromatic rings. The van der Waals surface area contributed by atoms with Crippen molar-refractivity contribution in [3.8, 4) is 0 Å². The van der Waals surface area contributed by atoms with Crippen LogP contribution in [-0.4, -0.2) is 116 Å². The molecule has 1 unspecified atom stereocenters. The molecule has 0 radical (unpaired) electrons. The molecule has 3 nitrogen and oxygen atoms in total. The summed E-state index contributed by atoms with van der Waals surface area (Å²) in [5.41, 5.74) is -9.00. The number of alkyl halides is 26. The number of nitrogens with zero attached hydrogens (tertiary/aromatic N) is 2. The summed E-state index contributed by atoms with van der Waals surface area (Å²) < 4.78 is 354. The molecule has 0 heterocycles. The van der Waals surface area contributed by atoms with E-state index in [1.165, 1.54) is 0 Å². The fourth-order valence-corrected chi connectivity index (χ4v) is 3.16. The standard InChI is InChI=1S/C18H16F26N3/c1-47(2,3)6-4-5-45-15(37,38)7(19,12(28,29)30)16(39,40)46(17(41,42)10(24,25)8(20,21)13(31,32)33)18(43,44)11(26,27)9(22,23)14(34,35)36/h45H,4-6H2,1-3H3/q+1. The predicted molar refractivity (Wildman–Crippen MR) is 98.9 cm³/mol. The third-order valence-electron chi connectivity index (χ3n) is 5.69. The van der Waals surface area contributed by atoms with Crippen LogP contribution in [0.15, 0.2) is 0 Å². The lowest BCUT2D eigenvalue weighted by Crippen LogP contribution is -2.84. The Hall–Kier alpha value is -1.94. The molecule has 0 aliphatic rings. The second-order valence-electron chi connectivity index (χ2n) is 10.3. The van der Waals surface area contributed by atoms with Crippen LogP contribution in [0.4, 0.5) is 114 Å². The van der Waals surface area contributed by atoms with Crippen LogP contribution in [0.25, 0.3) is 0 Å². The molecule has 1 atom stereocenters. The zero-order valence-corrected chi connectivity index (χ0v) is 22.3. The van der Waals surface area contributed by atoms with Crippen molar-refractivity contribution in [1.29, 1.82) is 0 Å². The molecule has 0 aliphatic heterocycles. The summed E-state index contributed by atoms with van der Waals surface area (Å²) in [5.74, 6) is -36.8. The number of halogens is 26. The number of hydrogen-bond acceptors (Lipinski definition) is 2. The minimum absolute atomic E-state index is 0.237. The van der Waals surface area contributed by atoms with Crippen LogP contribution in [0.2, 0.25) is 0 Å². The van der Waals surface area contributed by atoms with Gasteiger partial charge in [-0.25, -0.2) is 4.39 Å². The molecule has 0 saturated heterocycles. The minimum Gasteiger partial charge on any atom is -0.331 e. The molecule has 0 spiro atoms. The Bertz CT molecular complexity index is 1030. The molecule has 47 heavy (non-hydrogen) atoms. The second kappa shape index (κ2) is 11.8. The van der Waals surface area contributed by atoms with Crippen molar-refractivity contribution in [3.63, 3.8) is 0 Å². The summed E-state index contributed by atoms with van der Waals surface area (Å²) in [6.45, 7) is -2.59. The van der Waals surface area contributed by atoms with E-state index in [1.807, 2.05) is 0 Å². The van der Waals surface area contributed by atoms with E-state index < -0.39 is 101 Å². The zero-order chi connectivity index (χ0) is 38.9. The molecule has 0 aromatic heterocycles. The van der Waals surface area contributed by atoms with E-state index in [4.69, 9.17) is 0 Å². The van der Waals surface area contributed by atoms with Gasteiger partial charge in [0, 0.05) is 13.0 Å². The molecular weight excluding hydrogens is 752 g/mol. The average molecular weight is 768 g/mol. The Kier molecular flexibility index (Phi) is 11.4. The summed E-state index contributed by atoms with van der Waals surface area (Å²) in [7, 11) is 3.45. The van der Waals surface area contributed by atoms with Crippen LogP contribution in [-0.2, 0) is 0 Å². The molecule has 0 amide bonds. The van der Waals surface area contributed by atoms with Gasteiger partial charge in [-0.15, -0.1) is 4.90 Å². The fraction of sp³-hybridized carbons (Fsp3) is 1.00. The van der Waals surface area contributed by atoms with Crippen molar-refractivity contribution in [2.45, 2.75) is 78.5 Å². The van der Waals surface area contributed by atoms with Crippen LogP contribution < -0.4 is 5.32 Å². The zero-order valence-electron chi connectivity index (χ0n) is 22.3. The highest BCUT2D eigenvalue weighted by atomic mass is 19.4. The van der Waals surface area contributed by atoms with Gasteiger partial charge >= 0.3 is 72.1 Å². The molecule has 0 bridgehead atoms. The summed E-state index contributed by atoms with van der Waals surface area (Å²) in [4.78, 5) is -5.96. The molecule has 0 aromatic carbocycles. The van der Waals surface area contributed by atoms with E-state index in [0.717, 1.165) is 21.1 Å². The first-order valence-electron chi connectivity index (χ1n) is 11.1. The van der Waals surface area contributed by atoms with E-state index in [-0.39, 0.29) is 5.32 Å². The van der Waals surface area contributed by atoms with E-state index in [2.05, 4.69) is 0 Å². The van der Waals surface area contributed by atoms with E-state index in [0.29, 0.717) is 0 Å². The van der Waals surface area contributed by atoms with Gasteiger partial charge in [-0.1, -0.05) is 0 Å². The summed E-state index contributed by atoms with van der Waals surface area (Å²) in [6, 6.07) is -36.8. The molecular formula is C18H16F26N3+. The molecule has 284 valence electrons. The lowest BCUT2D eigenvalue weighted by Gasteiger charge is -2.51. The first-order valence-corrected chi connectivity index (χ1v) is 11.1. The normalized spacial score (nSPS) is 17.7. The second-order valence-corrected chi connectivity index (χ2v) is 10.3. The highest BCUT2D eigenvalue weighted by Gasteiger charge is 2.97. The maximum atomic E-state index is 15.0. The Morgan fingerprint density at radius 1 is 0.426 bits per heavy atom. The highest BCUT2D eigenvalue weighted by molar-refractivity contribution is 5.15. The van der Waals surface area contributed by atoms with Crippen molar-refractivity contribution < 1.29 is 119 Å². The third kappa shape index (κ3) is 6.93. The van der Waals surface area contributed by atoms with E-state index >= 15 is 0 Å². The van der Waals surface area contributed by atoms with Crippen molar-refractivity contribution >= 4 is 0 Å². The van der Waals surface area contributed by atoms with Gasteiger partial charge in [0.05, 0.1) is 27.7 Å². The number of quaternary nitrogens is 1. The van der Waals surface area contributed by atoms with Crippen molar-refractivity contribution in [2.24, 2.45) is 0 Å². The monoisotopic (exact) mass is 768 g/mol. The molecule has 0 aliphatic carbocycles. The van der Waals surface area contributed by atoms with Crippen molar-refractivity contribution in [3.05, 3.63) is 0 Å². The van der Waals surface area contributed by atoms with Gasteiger partial charge in [0.2, 0.25) is 0 Å². The van der Waals surface area contributed by atoms with Gasteiger partial charge in [-0.2, -0.15) is 110 Å². The summed E-state index contributed by atoms with van der Waals surface area (Å²) >= 11 is 0. The first kappa shape index (κ1) is 45.1. The number of nitrogens with one attached hydrogen (secondary N) is 1. The largest absolute Gasteiger partial charge is 0.460 e. The fourth-order valence-electron chi connectivity index (χ4n) is 3.16. The Morgan fingerprint density at radius 2 is 0.723 bits per heavy atom. The average Bonchev–Trinajstić information content (AvgIpc) is 2.77. The van der Waals surface area contributed by atoms with Crippen LogP contribution in [0.3, 0.4) is 0 Å². The van der Waals surface area contributed by atoms with Gasteiger partial charge in [-0.3, -0.25) is 5.32 Å². The quantitative estimate of drug-likeness (QED) is 0.0829. The molecule has 0 rings (SSSR count). The maximum absolute atomic E-state index is 15.0. The Labute approximate surface area is 243 Å².